The van der Waals surface area contributed by atoms with E-state index in [1.807, 2.05) is 17.0 Å². The number of carbonyl (C=O) groups is 1. The van der Waals surface area contributed by atoms with E-state index in [9.17, 15) is 4.79 Å². The topological polar surface area (TPSA) is 109 Å². The lowest BCUT2D eigenvalue weighted by Gasteiger charge is -2.32. The number of piperidine rings is 1. The summed E-state index contributed by atoms with van der Waals surface area (Å²) in [5.74, 6) is -0.556. The van der Waals surface area contributed by atoms with Gasteiger partial charge in [0.1, 0.15) is 17.8 Å². The molecule has 0 amide bonds. The molecular weight excluding hydrogens is 544 g/mol. The smallest absolute Gasteiger partial charge is 0.337 e. The first kappa shape index (κ1) is 28.4. The van der Waals surface area contributed by atoms with Crippen molar-refractivity contribution in [2.75, 3.05) is 23.3 Å². The van der Waals surface area contributed by atoms with Gasteiger partial charge in [0.05, 0.1) is 16.0 Å². The Kier molecular flexibility index (Phi) is 9.12. The van der Waals surface area contributed by atoms with Crippen LogP contribution in [0, 0.1) is 5.82 Å². The zero-order chi connectivity index (χ0) is 24.5. The molecule has 1 saturated heterocycles. The average Bonchev–Trinajstić information content (AvgIpc) is 3.21. The van der Waals surface area contributed by atoms with Gasteiger partial charge in [-0.15, -0.1) is 24.8 Å². The highest BCUT2D eigenvalue weighted by atomic mass is 35.5. The number of halogens is 4. The number of fused-ring (bicyclic) bond motifs is 1. The molecule has 0 spiro atoms. The lowest BCUT2D eigenvalue weighted by molar-refractivity contribution is 0.0697. The van der Waals surface area contributed by atoms with E-state index >= 15 is 4.39 Å². The van der Waals surface area contributed by atoms with Gasteiger partial charge in [0.15, 0.2) is 5.82 Å². The van der Waals surface area contributed by atoms with Crippen molar-refractivity contribution >= 4 is 70.9 Å². The Balaban J connectivity index is 0.00000190. The summed E-state index contributed by atoms with van der Waals surface area (Å²) in [4.78, 5) is 30.9. The number of carboxylic acid groups (broad SMARTS) is 1. The molecule has 1 aliphatic heterocycles. The molecule has 13 heteroatoms. The van der Waals surface area contributed by atoms with Crippen molar-refractivity contribution in [2.45, 2.75) is 32.2 Å². The van der Waals surface area contributed by atoms with Crippen molar-refractivity contribution in [3.05, 3.63) is 65.1 Å². The van der Waals surface area contributed by atoms with Crippen LogP contribution < -0.4 is 10.2 Å². The largest absolute Gasteiger partial charge is 0.478 e. The summed E-state index contributed by atoms with van der Waals surface area (Å²) in [5, 5.41) is 12.6. The van der Waals surface area contributed by atoms with E-state index in [2.05, 4.69) is 37.1 Å². The number of carboxylic acids is 1. The second-order valence-corrected chi connectivity index (χ2v) is 8.80. The van der Waals surface area contributed by atoms with Crippen molar-refractivity contribution in [2.24, 2.45) is 0 Å². The van der Waals surface area contributed by atoms with Gasteiger partial charge in [0.25, 0.3) is 0 Å². The number of hydrogen-bond donors (Lipinski definition) is 2. The summed E-state index contributed by atoms with van der Waals surface area (Å²) < 4.78 is 17.0. The minimum absolute atomic E-state index is 0. The Morgan fingerprint density at radius 1 is 1.16 bits per heavy atom. The number of aromatic nitrogens is 5. The van der Waals surface area contributed by atoms with E-state index in [4.69, 9.17) is 16.7 Å². The van der Waals surface area contributed by atoms with Gasteiger partial charge in [0.2, 0.25) is 5.95 Å². The Labute approximate surface area is 229 Å². The molecule has 196 valence electrons. The second kappa shape index (κ2) is 11.9. The number of benzene rings is 1. The van der Waals surface area contributed by atoms with Crippen LogP contribution >= 0.6 is 36.4 Å². The Morgan fingerprint density at radius 2 is 1.86 bits per heavy atom. The summed E-state index contributed by atoms with van der Waals surface area (Å²) in [6, 6.07) is 4.49. The SMILES string of the molecule is CCc1cnc(N2CCC(n3cc(F)c4c(Nc5ccc(C(=O)O)c(Cl)c5)ncnc43)CC2)nc1.Cl.Cl. The van der Waals surface area contributed by atoms with Crippen molar-refractivity contribution in [1.29, 1.82) is 0 Å². The molecule has 4 heterocycles. The molecule has 37 heavy (non-hydrogen) atoms. The van der Waals surface area contributed by atoms with Crippen LogP contribution in [0.1, 0.15) is 41.7 Å². The van der Waals surface area contributed by atoms with Crippen molar-refractivity contribution in [1.82, 2.24) is 24.5 Å². The third-order valence-corrected chi connectivity index (χ3v) is 6.58. The highest BCUT2D eigenvalue weighted by Gasteiger charge is 2.26. The molecule has 0 saturated carbocycles. The summed E-state index contributed by atoms with van der Waals surface area (Å²) in [6.07, 6.45) is 9.05. The first-order valence-electron chi connectivity index (χ1n) is 11.3. The number of anilines is 3. The fourth-order valence-electron chi connectivity index (χ4n) is 4.35. The standard InChI is InChI=1S/C24H23ClFN7O2.2ClH/c1-2-14-10-27-24(28-11-14)32-7-5-16(6-8-32)33-12-19(26)20-21(29-13-30-22(20)33)31-15-3-4-17(23(34)35)18(25)9-15;;/h3-4,9-13,16H,2,5-8H2,1H3,(H,34,35)(H,29,30,31);2*1H. The van der Waals surface area contributed by atoms with E-state index in [1.54, 1.807) is 6.07 Å². The van der Waals surface area contributed by atoms with Crippen molar-refractivity contribution in [3.8, 4) is 0 Å². The van der Waals surface area contributed by atoms with Gasteiger partial charge in [0, 0.05) is 43.4 Å². The summed E-state index contributed by atoms with van der Waals surface area (Å²) in [5.41, 5.74) is 2.08. The zero-order valence-electron chi connectivity index (χ0n) is 19.8. The van der Waals surface area contributed by atoms with Crippen LogP contribution in [0.2, 0.25) is 5.02 Å². The minimum Gasteiger partial charge on any atom is -0.478 e. The molecule has 3 aromatic heterocycles. The number of hydrogen-bond acceptors (Lipinski definition) is 7. The first-order valence-corrected chi connectivity index (χ1v) is 11.7. The normalized spacial score (nSPS) is 13.6. The van der Waals surface area contributed by atoms with Crippen LogP contribution in [0.3, 0.4) is 0 Å². The third kappa shape index (κ3) is 5.71. The van der Waals surface area contributed by atoms with Crippen LogP contribution in [0.5, 0.6) is 0 Å². The molecule has 2 N–H and O–H groups in total. The molecule has 5 rings (SSSR count). The van der Waals surface area contributed by atoms with Gasteiger partial charge in [-0.1, -0.05) is 18.5 Å². The van der Waals surface area contributed by atoms with Crippen LogP contribution in [-0.2, 0) is 6.42 Å². The predicted molar refractivity (Wildman–Crippen MR) is 146 cm³/mol. The monoisotopic (exact) mass is 567 g/mol. The Hall–Kier alpha value is -3.21. The van der Waals surface area contributed by atoms with Crippen molar-refractivity contribution < 1.29 is 14.3 Å². The second-order valence-electron chi connectivity index (χ2n) is 8.39. The van der Waals surface area contributed by atoms with Gasteiger partial charge < -0.3 is 19.9 Å². The molecule has 1 fully saturated rings. The van der Waals surface area contributed by atoms with Gasteiger partial charge in [-0.3, -0.25) is 0 Å². The fraction of sp³-hybridized carbons (Fsp3) is 0.292. The lowest BCUT2D eigenvalue weighted by Crippen LogP contribution is -2.35. The Bertz CT molecular complexity index is 1390. The maximum atomic E-state index is 15.1. The van der Waals surface area contributed by atoms with E-state index in [-0.39, 0.29) is 52.6 Å². The molecule has 9 nitrogen and oxygen atoms in total. The summed E-state index contributed by atoms with van der Waals surface area (Å²) in [7, 11) is 0. The number of nitrogens with zero attached hydrogens (tertiary/aromatic N) is 6. The molecule has 0 bridgehead atoms. The van der Waals surface area contributed by atoms with Crippen LogP contribution in [0.15, 0.2) is 43.1 Å². The number of rotatable bonds is 6. The van der Waals surface area contributed by atoms with E-state index in [0.29, 0.717) is 17.3 Å². The Morgan fingerprint density at radius 3 is 2.49 bits per heavy atom. The maximum absolute atomic E-state index is 15.1. The molecule has 1 aliphatic rings. The number of aryl methyl sites for hydroxylation is 1. The molecule has 0 atom stereocenters. The zero-order valence-corrected chi connectivity index (χ0v) is 22.2. The molecular formula is C24H25Cl3FN7O2. The van der Waals surface area contributed by atoms with Gasteiger partial charge in [-0.25, -0.2) is 29.1 Å². The maximum Gasteiger partial charge on any atom is 0.337 e. The number of nitrogens with one attached hydrogen (secondary N) is 1. The molecule has 0 unspecified atom stereocenters. The van der Waals surface area contributed by atoms with Gasteiger partial charge in [-0.05, 0) is 43.0 Å². The van der Waals surface area contributed by atoms with E-state index < -0.39 is 11.8 Å². The summed E-state index contributed by atoms with van der Waals surface area (Å²) >= 11 is 6.07. The molecule has 1 aromatic carbocycles. The lowest BCUT2D eigenvalue weighted by atomic mass is 10.1. The van der Waals surface area contributed by atoms with E-state index in [1.165, 1.54) is 24.7 Å². The van der Waals surface area contributed by atoms with E-state index in [0.717, 1.165) is 37.9 Å². The fourth-order valence-corrected chi connectivity index (χ4v) is 4.62. The predicted octanol–water partition coefficient (Wildman–Crippen LogP) is 5.70. The molecule has 4 aromatic rings. The van der Waals surface area contributed by atoms with Crippen LogP contribution in [0.25, 0.3) is 11.0 Å². The minimum atomic E-state index is -1.12. The van der Waals surface area contributed by atoms with Crippen LogP contribution in [0.4, 0.5) is 21.8 Å². The summed E-state index contributed by atoms with van der Waals surface area (Å²) in [6.45, 7) is 3.57. The van der Waals surface area contributed by atoms with Gasteiger partial charge >= 0.3 is 5.97 Å². The third-order valence-electron chi connectivity index (χ3n) is 6.27. The molecule has 0 radical (unpaired) electrons. The first-order chi connectivity index (χ1) is 16.9. The molecule has 0 aliphatic carbocycles. The average molecular weight is 569 g/mol. The highest BCUT2D eigenvalue weighted by molar-refractivity contribution is 6.33. The van der Waals surface area contributed by atoms with Gasteiger partial charge in [-0.2, -0.15) is 0 Å². The quantitative estimate of drug-likeness (QED) is 0.305. The van der Waals surface area contributed by atoms with Crippen LogP contribution in [-0.4, -0.2) is 48.7 Å². The highest BCUT2D eigenvalue weighted by Crippen LogP contribution is 2.33. The number of aromatic carboxylic acids is 1. The van der Waals surface area contributed by atoms with Crippen molar-refractivity contribution in [3.63, 3.8) is 0 Å².